The van der Waals surface area contributed by atoms with Crippen molar-refractivity contribution in [3.63, 3.8) is 0 Å². The van der Waals surface area contributed by atoms with Gasteiger partial charge in [0.1, 0.15) is 15.9 Å². The fourth-order valence-electron chi connectivity index (χ4n) is 3.37. The minimum Gasteiger partial charge on any atom is -0.324 e. The molecule has 2 amide bonds. The van der Waals surface area contributed by atoms with Crippen LogP contribution in [-0.4, -0.2) is 43.2 Å². The molecule has 1 aliphatic rings. The van der Waals surface area contributed by atoms with Crippen LogP contribution in [0, 0.1) is 13.8 Å². The van der Waals surface area contributed by atoms with Gasteiger partial charge in [-0.05, 0) is 49.1 Å². The maximum absolute atomic E-state index is 13.1. The van der Waals surface area contributed by atoms with Crippen LogP contribution in [0.25, 0.3) is 0 Å². The van der Waals surface area contributed by atoms with Crippen LogP contribution in [0.3, 0.4) is 0 Å². The summed E-state index contributed by atoms with van der Waals surface area (Å²) in [5.74, 6) is -0.790. The lowest BCUT2D eigenvalue weighted by atomic mass is 10.1. The first kappa shape index (κ1) is 20.1. The van der Waals surface area contributed by atoms with E-state index in [1.165, 1.54) is 4.90 Å². The minimum absolute atomic E-state index is 0.0509. The number of rotatable bonds is 6. The van der Waals surface area contributed by atoms with E-state index >= 15 is 0 Å². The Bertz CT molecular complexity index is 1030. The zero-order valence-corrected chi connectivity index (χ0v) is 17.0. The third-order valence-electron chi connectivity index (χ3n) is 4.94. The van der Waals surface area contributed by atoms with Gasteiger partial charge in [0.2, 0.25) is 5.91 Å². The van der Waals surface area contributed by atoms with Gasteiger partial charge in [0.15, 0.2) is 0 Å². The third-order valence-corrected chi connectivity index (χ3v) is 5.92. The molecule has 0 radical (unpaired) electrons. The Morgan fingerprint density at radius 1 is 1.18 bits per heavy atom. The third kappa shape index (κ3) is 4.42. The fraction of sp³-hybridized carbons (Fsp3) is 0.333. The van der Waals surface area contributed by atoms with E-state index in [0.717, 1.165) is 22.9 Å². The summed E-state index contributed by atoms with van der Waals surface area (Å²) in [5.41, 5.74) is 3.97. The second-order valence-electron chi connectivity index (χ2n) is 7.33. The zero-order valence-electron chi connectivity index (χ0n) is 16.2. The molecule has 0 unspecified atom stereocenters. The summed E-state index contributed by atoms with van der Waals surface area (Å²) < 4.78 is 23.4. The SMILES string of the molecule is Cc1ccc(C)c(NC(=O)[C@@H](CCS(C)(=O)=O)N2Cc3ccccc3C2=O)c1. The number of nitrogens with one attached hydrogen (secondary N) is 1. The van der Waals surface area contributed by atoms with E-state index in [4.69, 9.17) is 0 Å². The van der Waals surface area contributed by atoms with Crippen LogP contribution in [0.2, 0.25) is 0 Å². The molecule has 0 aromatic heterocycles. The number of aryl methyl sites for hydroxylation is 2. The lowest BCUT2D eigenvalue weighted by molar-refractivity contribution is -0.120. The van der Waals surface area contributed by atoms with Gasteiger partial charge in [0, 0.05) is 24.1 Å². The van der Waals surface area contributed by atoms with Crippen molar-refractivity contribution in [3.8, 4) is 0 Å². The predicted molar refractivity (Wildman–Crippen MR) is 109 cm³/mol. The number of hydrogen-bond acceptors (Lipinski definition) is 4. The van der Waals surface area contributed by atoms with Crippen molar-refractivity contribution in [3.05, 3.63) is 64.7 Å². The molecule has 2 aromatic rings. The predicted octanol–water partition coefficient (Wildman–Crippen LogP) is 2.70. The summed E-state index contributed by atoms with van der Waals surface area (Å²) in [6.07, 6.45) is 1.18. The summed E-state index contributed by atoms with van der Waals surface area (Å²) in [4.78, 5) is 27.4. The lowest BCUT2D eigenvalue weighted by Crippen LogP contribution is -2.45. The fourth-order valence-corrected chi connectivity index (χ4v) is 4.02. The van der Waals surface area contributed by atoms with Gasteiger partial charge >= 0.3 is 0 Å². The van der Waals surface area contributed by atoms with E-state index in [1.807, 2.05) is 44.2 Å². The highest BCUT2D eigenvalue weighted by Gasteiger charge is 2.36. The molecular weight excluding hydrogens is 376 g/mol. The number of carbonyl (C=O) groups is 2. The average Bonchev–Trinajstić information content (AvgIpc) is 2.94. The Hall–Kier alpha value is -2.67. The Kier molecular flexibility index (Phi) is 5.56. The standard InChI is InChI=1S/C21H24N2O4S/c1-14-8-9-15(2)18(12-14)22-20(24)19(10-11-28(3,26)27)23-13-16-6-4-5-7-17(16)21(23)25/h4-9,12,19H,10-11,13H2,1-3H3,(H,22,24)/t19-/m1/s1. The summed E-state index contributed by atoms with van der Waals surface area (Å²) >= 11 is 0. The molecule has 1 atom stereocenters. The van der Waals surface area contributed by atoms with Gasteiger partial charge < -0.3 is 10.2 Å². The van der Waals surface area contributed by atoms with Crippen LogP contribution in [0.5, 0.6) is 0 Å². The topological polar surface area (TPSA) is 83.6 Å². The van der Waals surface area contributed by atoms with Gasteiger partial charge in [0.25, 0.3) is 5.91 Å². The molecule has 28 heavy (non-hydrogen) atoms. The van der Waals surface area contributed by atoms with Crippen LogP contribution >= 0.6 is 0 Å². The summed E-state index contributed by atoms with van der Waals surface area (Å²) in [7, 11) is -3.27. The number of sulfone groups is 1. The van der Waals surface area contributed by atoms with Crippen molar-refractivity contribution in [1.82, 2.24) is 4.90 Å². The Morgan fingerprint density at radius 2 is 1.89 bits per heavy atom. The van der Waals surface area contributed by atoms with Crippen molar-refractivity contribution < 1.29 is 18.0 Å². The highest BCUT2D eigenvalue weighted by Crippen LogP contribution is 2.27. The molecule has 0 aliphatic carbocycles. The summed E-state index contributed by atoms with van der Waals surface area (Å²) in [6.45, 7) is 4.11. The van der Waals surface area contributed by atoms with Crippen LogP contribution in [0.15, 0.2) is 42.5 Å². The highest BCUT2D eigenvalue weighted by molar-refractivity contribution is 7.90. The molecule has 0 saturated carbocycles. The van der Waals surface area contributed by atoms with Gasteiger partial charge in [-0.25, -0.2) is 8.42 Å². The van der Waals surface area contributed by atoms with Crippen molar-refractivity contribution in [2.45, 2.75) is 32.9 Å². The van der Waals surface area contributed by atoms with E-state index in [-0.39, 0.29) is 24.0 Å². The molecule has 0 bridgehead atoms. The number of hydrogen-bond donors (Lipinski definition) is 1. The Balaban J connectivity index is 1.88. The molecule has 148 valence electrons. The molecule has 3 rings (SSSR count). The molecule has 1 N–H and O–H groups in total. The van der Waals surface area contributed by atoms with Crippen molar-refractivity contribution in [1.29, 1.82) is 0 Å². The largest absolute Gasteiger partial charge is 0.324 e. The maximum Gasteiger partial charge on any atom is 0.255 e. The number of nitrogens with zero attached hydrogens (tertiary/aromatic N) is 1. The van der Waals surface area contributed by atoms with Gasteiger partial charge in [-0.3, -0.25) is 9.59 Å². The molecule has 1 heterocycles. The number of anilines is 1. The van der Waals surface area contributed by atoms with Crippen LogP contribution in [0.4, 0.5) is 5.69 Å². The van der Waals surface area contributed by atoms with Gasteiger partial charge in [-0.15, -0.1) is 0 Å². The van der Waals surface area contributed by atoms with E-state index in [1.54, 1.807) is 12.1 Å². The zero-order chi connectivity index (χ0) is 20.5. The monoisotopic (exact) mass is 400 g/mol. The minimum atomic E-state index is -3.27. The van der Waals surface area contributed by atoms with Crippen molar-refractivity contribution in [2.24, 2.45) is 0 Å². The number of carbonyl (C=O) groups excluding carboxylic acids is 2. The maximum atomic E-state index is 13.1. The van der Waals surface area contributed by atoms with E-state index in [9.17, 15) is 18.0 Å². The van der Waals surface area contributed by atoms with Crippen molar-refractivity contribution in [2.75, 3.05) is 17.3 Å². The number of benzene rings is 2. The van der Waals surface area contributed by atoms with Gasteiger partial charge in [-0.2, -0.15) is 0 Å². The van der Waals surface area contributed by atoms with Crippen LogP contribution in [0.1, 0.15) is 33.5 Å². The molecule has 0 spiro atoms. The molecule has 0 fully saturated rings. The molecular formula is C21H24N2O4S. The van der Waals surface area contributed by atoms with E-state index in [0.29, 0.717) is 17.8 Å². The Labute approximate surface area is 165 Å². The van der Waals surface area contributed by atoms with Crippen molar-refractivity contribution >= 4 is 27.3 Å². The van der Waals surface area contributed by atoms with E-state index < -0.39 is 15.9 Å². The normalized spacial score (nSPS) is 14.7. The Morgan fingerprint density at radius 3 is 2.57 bits per heavy atom. The highest BCUT2D eigenvalue weighted by atomic mass is 32.2. The first-order valence-electron chi connectivity index (χ1n) is 9.10. The van der Waals surface area contributed by atoms with Gasteiger partial charge in [0.05, 0.1) is 5.75 Å². The molecule has 2 aromatic carbocycles. The molecule has 6 nitrogen and oxygen atoms in total. The number of fused-ring (bicyclic) bond motifs is 1. The molecule has 1 aliphatic heterocycles. The molecule has 7 heteroatoms. The first-order chi connectivity index (χ1) is 13.2. The quantitative estimate of drug-likeness (QED) is 0.808. The first-order valence-corrected chi connectivity index (χ1v) is 11.2. The van der Waals surface area contributed by atoms with Gasteiger partial charge in [-0.1, -0.05) is 30.3 Å². The van der Waals surface area contributed by atoms with Crippen LogP contribution in [-0.2, 0) is 21.2 Å². The second-order valence-corrected chi connectivity index (χ2v) is 9.59. The lowest BCUT2D eigenvalue weighted by Gasteiger charge is -2.27. The summed E-state index contributed by atoms with van der Waals surface area (Å²) in [5, 5.41) is 2.88. The van der Waals surface area contributed by atoms with Crippen LogP contribution < -0.4 is 5.32 Å². The second kappa shape index (κ2) is 7.75. The molecule has 0 saturated heterocycles. The summed E-state index contributed by atoms with van der Waals surface area (Å²) in [6, 6.07) is 12.1. The smallest absolute Gasteiger partial charge is 0.255 e. The van der Waals surface area contributed by atoms with E-state index in [2.05, 4.69) is 5.32 Å². The number of amides is 2. The average molecular weight is 401 g/mol.